The topological polar surface area (TPSA) is 121 Å². The molecule has 0 fully saturated rings. The number of aromatic hydroxyl groups is 2. The van der Waals surface area contributed by atoms with Crippen LogP contribution >= 0.6 is 0 Å². The summed E-state index contributed by atoms with van der Waals surface area (Å²) in [6.07, 6.45) is -5.08. The van der Waals surface area contributed by atoms with Gasteiger partial charge in [-0.15, -0.1) is 0 Å². The van der Waals surface area contributed by atoms with Crippen LogP contribution < -0.4 is 4.18 Å². The van der Waals surface area contributed by atoms with E-state index in [9.17, 15) is 31.5 Å². The number of hydrogen-bond donors (Lipinski definition) is 3. The molecule has 1 aromatic rings. The molecule has 0 aromatic heterocycles. The van der Waals surface area contributed by atoms with E-state index < -0.39 is 50.8 Å². The van der Waals surface area contributed by atoms with Gasteiger partial charge in [-0.05, 0) is 6.07 Å². The number of phenolic OH excluding ortho intramolecular Hbond substituents is 2. The van der Waals surface area contributed by atoms with Gasteiger partial charge in [0.05, 0.1) is 5.56 Å². The lowest BCUT2D eigenvalue weighted by molar-refractivity contribution is -0.107. The summed E-state index contributed by atoms with van der Waals surface area (Å²) < 4.78 is 62.0. The fourth-order valence-electron chi connectivity index (χ4n) is 1.15. The molecule has 0 heterocycles. The van der Waals surface area contributed by atoms with E-state index in [0.717, 1.165) is 0 Å². The molecular weight excluding hydrogens is 309 g/mol. The maximum Gasteiger partial charge on any atom is 0.406 e. The lowest BCUT2D eigenvalue weighted by Gasteiger charge is -2.11. The standard InChI is InChI=1S/C9H7F3O7S/c10-9(11,12)3-20(17,18)19-6-2-4(8(15)16)1-5(13)7(6)14/h1-2,13-14H,3H2,(H,15,16). The number of carboxylic acid groups (broad SMARTS) is 1. The maximum absolute atomic E-state index is 12.0. The van der Waals surface area contributed by atoms with Gasteiger partial charge in [0.25, 0.3) is 0 Å². The monoisotopic (exact) mass is 316 g/mol. The van der Waals surface area contributed by atoms with E-state index in [-0.39, 0.29) is 0 Å². The Morgan fingerprint density at radius 3 is 2.25 bits per heavy atom. The molecular formula is C9H7F3O7S. The SMILES string of the molecule is O=C(O)c1cc(O)c(O)c(OS(=O)(=O)CC(F)(F)F)c1. The van der Waals surface area contributed by atoms with E-state index in [2.05, 4.69) is 4.18 Å². The van der Waals surface area contributed by atoms with Gasteiger partial charge in [-0.2, -0.15) is 21.6 Å². The van der Waals surface area contributed by atoms with Crippen LogP contribution in [0.2, 0.25) is 0 Å². The van der Waals surface area contributed by atoms with E-state index in [1.165, 1.54) is 0 Å². The van der Waals surface area contributed by atoms with Crippen LogP contribution in [0.5, 0.6) is 17.2 Å². The van der Waals surface area contributed by atoms with Crippen LogP contribution in [-0.4, -0.2) is 41.6 Å². The highest BCUT2D eigenvalue weighted by atomic mass is 32.2. The van der Waals surface area contributed by atoms with Gasteiger partial charge in [-0.3, -0.25) is 0 Å². The first-order chi connectivity index (χ1) is 8.91. The normalized spacial score (nSPS) is 12.2. The predicted molar refractivity (Wildman–Crippen MR) is 57.2 cm³/mol. The minimum atomic E-state index is -5.16. The lowest BCUT2D eigenvalue weighted by atomic mass is 10.2. The Bertz CT molecular complexity index is 636. The molecule has 0 bridgehead atoms. The number of rotatable bonds is 4. The van der Waals surface area contributed by atoms with Crippen molar-refractivity contribution in [1.82, 2.24) is 0 Å². The summed E-state index contributed by atoms with van der Waals surface area (Å²) in [5, 5.41) is 27.0. The highest BCUT2D eigenvalue weighted by molar-refractivity contribution is 7.87. The summed E-state index contributed by atoms with van der Waals surface area (Å²) in [6.45, 7) is 0. The summed E-state index contributed by atoms with van der Waals surface area (Å²) in [7, 11) is -5.16. The Hall–Kier alpha value is -2.17. The van der Waals surface area contributed by atoms with Gasteiger partial charge < -0.3 is 19.5 Å². The van der Waals surface area contributed by atoms with E-state index >= 15 is 0 Å². The van der Waals surface area contributed by atoms with Crippen molar-refractivity contribution in [2.45, 2.75) is 6.18 Å². The molecule has 7 nitrogen and oxygen atoms in total. The van der Waals surface area contributed by atoms with Crippen LogP contribution in [0.3, 0.4) is 0 Å². The third-order valence-corrected chi connectivity index (χ3v) is 2.97. The molecule has 0 aliphatic carbocycles. The number of carboxylic acids is 1. The van der Waals surface area contributed by atoms with Crippen molar-refractivity contribution in [3.8, 4) is 17.2 Å². The largest absolute Gasteiger partial charge is 0.504 e. The zero-order valence-electron chi connectivity index (χ0n) is 9.38. The molecule has 0 spiro atoms. The number of aromatic carboxylic acids is 1. The molecule has 20 heavy (non-hydrogen) atoms. The number of benzene rings is 1. The second-order valence-corrected chi connectivity index (χ2v) is 5.12. The van der Waals surface area contributed by atoms with E-state index in [1.54, 1.807) is 0 Å². The minimum absolute atomic E-state index is 0.464. The number of carbonyl (C=O) groups is 1. The number of hydrogen-bond acceptors (Lipinski definition) is 6. The van der Waals surface area contributed by atoms with Crippen LogP contribution in [0.4, 0.5) is 13.2 Å². The first-order valence-corrected chi connectivity index (χ1v) is 6.27. The first kappa shape index (κ1) is 15.9. The van der Waals surface area contributed by atoms with Gasteiger partial charge in [0.1, 0.15) is 0 Å². The van der Waals surface area contributed by atoms with E-state index in [1.807, 2.05) is 0 Å². The molecule has 1 rings (SSSR count). The fourth-order valence-corrected chi connectivity index (χ4v) is 2.01. The van der Waals surface area contributed by atoms with Gasteiger partial charge in [-0.1, -0.05) is 0 Å². The third-order valence-electron chi connectivity index (χ3n) is 1.86. The Morgan fingerprint density at radius 2 is 1.80 bits per heavy atom. The van der Waals surface area contributed by atoms with Crippen molar-refractivity contribution in [2.24, 2.45) is 0 Å². The molecule has 0 aliphatic heterocycles. The molecule has 0 saturated heterocycles. The molecule has 112 valence electrons. The van der Waals surface area contributed by atoms with E-state index in [4.69, 9.17) is 10.2 Å². The van der Waals surface area contributed by atoms with Gasteiger partial charge in [0.15, 0.2) is 17.3 Å². The lowest BCUT2D eigenvalue weighted by Crippen LogP contribution is -2.26. The number of phenols is 2. The highest BCUT2D eigenvalue weighted by Crippen LogP contribution is 2.37. The maximum atomic E-state index is 12.0. The minimum Gasteiger partial charge on any atom is -0.504 e. The zero-order valence-corrected chi connectivity index (χ0v) is 10.2. The summed E-state index contributed by atoms with van der Waals surface area (Å²) in [5.74, 6) is -7.31. The Labute approximate surface area is 110 Å². The predicted octanol–water partition coefficient (Wildman–Crippen LogP) is 1.07. The van der Waals surface area contributed by atoms with Crippen molar-refractivity contribution in [3.05, 3.63) is 17.7 Å². The quantitative estimate of drug-likeness (QED) is 0.561. The number of alkyl halides is 3. The summed E-state index contributed by atoms with van der Waals surface area (Å²) >= 11 is 0. The highest BCUT2D eigenvalue weighted by Gasteiger charge is 2.37. The molecule has 0 unspecified atom stereocenters. The molecule has 0 radical (unpaired) electrons. The first-order valence-electron chi connectivity index (χ1n) is 4.69. The van der Waals surface area contributed by atoms with E-state index in [0.29, 0.717) is 12.1 Å². The van der Waals surface area contributed by atoms with Crippen molar-refractivity contribution in [3.63, 3.8) is 0 Å². The molecule has 0 aliphatic rings. The Balaban J connectivity index is 3.18. The third kappa shape index (κ3) is 4.19. The molecule has 0 saturated carbocycles. The fraction of sp³-hybridized carbons (Fsp3) is 0.222. The van der Waals surface area contributed by atoms with Crippen molar-refractivity contribution in [2.75, 3.05) is 5.75 Å². The second-order valence-electron chi connectivity index (χ2n) is 3.55. The Kier molecular flexibility index (Phi) is 4.03. The summed E-state index contributed by atoms with van der Waals surface area (Å²) in [5.41, 5.74) is -0.683. The molecule has 0 atom stereocenters. The van der Waals surface area contributed by atoms with Crippen LogP contribution in [0.15, 0.2) is 12.1 Å². The molecule has 11 heteroatoms. The van der Waals surface area contributed by atoms with Crippen LogP contribution in [0, 0.1) is 0 Å². The van der Waals surface area contributed by atoms with Gasteiger partial charge >= 0.3 is 22.3 Å². The van der Waals surface area contributed by atoms with Crippen LogP contribution in [0.1, 0.15) is 10.4 Å². The average molecular weight is 316 g/mol. The van der Waals surface area contributed by atoms with Gasteiger partial charge in [0, 0.05) is 6.07 Å². The average Bonchev–Trinajstić information content (AvgIpc) is 2.20. The van der Waals surface area contributed by atoms with Crippen molar-refractivity contribution < 1.29 is 45.9 Å². The van der Waals surface area contributed by atoms with Crippen molar-refractivity contribution in [1.29, 1.82) is 0 Å². The van der Waals surface area contributed by atoms with Gasteiger partial charge in [-0.25, -0.2) is 4.79 Å². The molecule has 0 amide bonds. The molecule has 3 N–H and O–H groups in total. The van der Waals surface area contributed by atoms with Crippen LogP contribution in [-0.2, 0) is 10.1 Å². The van der Waals surface area contributed by atoms with Crippen molar-refractivity contribution >= 4 is 16.1 Å². The molecule has 1 aromatic carbocycles. The van der Waals surface area contributed by atoms with Crippen LogP contribution in [0.25, 0.3) is 0 Å². The summed E-state index contributed by atoms with van der Waals surface area (Å²) in [4.78, 5) is 10.6. The summed E-state index contributed by atoms with van der Waals surface area (Å²) in [6, 6.07) is 1.03. The smallest absolute Gasteiger partial charge is 0.406 e. The second kappa shape index (κ2) is 5.07. The zero-order chi connectivity index (χ0) is 15.7. The van der Waals surface area contributed by atoms with Gasteiger partial charge in [0.2, 0.25) is 5.75 Å². The Morgan fingerprint density at radius 1 is 1.25 bits per heavy atom. The number of halogens is 3.